The number of nitro groups is 1. The average molecular weight is 575 g/mol. The van der Waals surface area contributed by atoms with E-state index in [1.165, 1.54) is 25.5 Å². The van der Waals surface area contributed by atoms with Crippen LogP contribution in [0.3, 0.4) is 0 Å². The monoisotopic (exact) mass is 574 g/mol. The Kier molecular flexibility index (Phi) is 11.4. The number of ether oxygens (including phenoxy) is 2. The summed E-state index contributed by atoms with van der Waals surface area (Å²) in [6.07, 6.45) is 9.36. The minimum absolute atomic E-state index is 0.0218. The number of anilines is 1. The van der Waals surface area contributed by atoms with Gasteiger partial charge in [-0.05, 0) is 65.0 Å². The van der Waals surface area contributed by atoms with Crippen LogP contribution in [0.4, 0.5) is 16.2 Å². The molecule has 0 spiro atoms. The van der Waals surface area contributed by atoms with Crippen molar-refractivity contribution in [3.05, 3.63) is 22.4 Å². The van der Waals surface area contributed by atoms with E-state index >= 15 is 0 Å². The summed E-state index contributed by atoms with van der Waals surface area (Å²) in [4.78, 5) is 47.1. The van der Waals surface area contributed by atoms with Crippen molar-refractivity contribution in [1.82, 2.24) is 19.7 Å². The number of carbonyl (C=O) groups excluding carboxylic acids is 2. The van der Waals surface area contributed by atoms with Crippen LogP contribution in [0.2, 0.25) is 0 Å². The number of hydrogen-bond acceptors (Lipinski definition) is 9. The van der Waals surface area contributed by atoms with Crippen LogP contribution >= 0.6 is 0 Å². The van der Waals surface area contributed by atoms with Gasteiger partial charge in [0.2, 0.25) is 11.8 Å². The SMILES string of the molecule is CCCCOC(=O)N1CCN(C(=O)C2CCC(Nc3cc(OCCN4CCCCC4)ncc3[N+](=O)[O-])CC2)C(C)C1. The molecule has 2 saturated heterocycles. The summed E-state index contributed by atoms with van der Waals surface area (Å²) in [7, 11) is 0. The molecule has 1 unspecified atom stereocenters. The zero-order valence-electron chi connectivity index (χ0n) is 24.6. The second-order valence-corrected chi connectivity index (χ2v) is 11.5. The topological polar surface area (TPSA) is 130 Å². The summed E-state index contributed by atoms with van der Waals surface area (Å²) in [5.74, 6) is 0.426. The van der Waals surface area contributed by atoms with E-state index in [-0.39, 0.29) is 35.7 Å². The highest BCUT2D eigenvalue weighted by Crippen LogP contribution is 2.33. The van der Waals surface area contributed by atoms with Crippen molar-refractivity contribution < 1.29 is 24.0 Å². The van der Waals surface area contributed by atoms with E-state index in [1.807, 2.05) is 11.8 Å². The molecule has 12 nitrogen and oxygen atoms in total. The third-order valence-corrected chi connectivity index (χ3v) is 8.49. The first-order valence-electron chi connectivity index (χ1n) is 15.3. The largest absolute Gasteiger partial charge is 0.476 e. The lowest BCUT2D eigenvalue weighted by Crippen LogP contribution is -2.57. The summed E-state index contributed by atoms with van der Waals surface area (Å²) in [6.45, 7) is 9.38. The number of amides is 2. The second-order valence-electron chi connectivity index (χ2n) is 11.5. The predicted molar refractivity (Wildman–Crippen MR) is 155 cm³/mol. The van der Waals surface area contributed by atoms with Crippen molar-refractivity contribution in [3.8, 4) is 5.88 Å². The van der Waals surface area contributed by atoms with Gasteiger partial charge in [0.1, 0.15) is 18.5 Å². The normalized spacial score (nSPS) is 23.6. The fourth-order valence-electron chi connectivity index (χ4n) is 6.02. The minimum atomic E-state index is -0.428. The number of unbranched alkanes of at least 4 members (excludes halogenated alkanes) is 1. The van der Waals surface area contributed by atoms with Crippen molar-refractivity contribution in [2.75, 3.05) is 57.8 Å². The Hall–Kier alpha value is -3.15. The van der Waals surface area contributed by atoms with Gasteiger partial charge in [0.05, 0.1) is 11.5 Å². The minimum Gasteiger partial charge on any atom is -0.476 e. The van der Waals surface area contributed by atoms with E-state index in [2.05, 4.69) is 22.1 Å². The number of carbonyl (C=O) groups is 2. The molecule has 4 rings (SSSR count). The van der Waals surface area contributed by atoms with Gasteiger partial charge in [0.15, 0.2) is 0 Å². The molecule has 2 amide bonds. The Morgan fingerprint density at radius 1 is 1.10 bits per heavy atom. The first-order valence-corrected chi connectivity index (χ1v) is 15.3. The standard InChI is InChI=1S/C29H46N6O6/c1-3-4-17-41-29(37)33-14-15-34(22(2)21-33)28(36)23-8-10-24(11-9-23)31-25-19-27(30-20-26(25)35(38)39)40-18-16-32-12-6-5-7-13-32/h19-20,22-24H,3-18,21H2,1-2H3,(H,30,31). The molecule has 1 aromatic heterocycles. The molecule has 12 heteroatoms. The third kappa shape index (κ3) is 8.67. The molecule has 1 aromatic rings. The number of hydrogen-bond donors (Lipinski definition) is 1. The maximum atomic E-state index is 13.4. The predicted octanol–water partition coefficient (Wildman–Crippen LogP) is 4.29. The molecule has 41 heavy (non-hydrogen) atoms. The number of nitrogens with zero attached hydrogens (tertiary/aromatic N) is 5. The van der Waals surface area contributed by atoms with E-state index in [9.17, 15) is 19.7 Å². The molecule has 228 valence electrons. The molecular weight excluding hydrogens is 528 g/mol. The maximum Gasteiger partial charge on any atom is 0.409 e. The number of rotatable bonds is 11. The van der Waals surface area contributed by atoms with Gasteiger partial charge >= 0.3 is 11.8 Å². The number of nitrogens with one attached hydrogen (secondary N) is 1. The molecule has 1 N–H and O–H groups in total. The Labute approximate surface area is 242 Å². The Morgan fingerprint density at radius 3 is 2.54 bits per heavy atom. The highest BCUT2D eigenvalue weighted by molar-refractivity contribution is 5.80. The van der Waals surface area contributed by atoms with E-state index in [0.717, 1.165) is 45.3 Å². The summed E-state index contributed by atoms with van der Waals surface area (Å²) in [5.41, 5.74) is 0.329. The lowest BCUT2D eigenvalue weighted by Gasteiger charge is -2.41. The van der Waals surface area contributed by atoms with Gasteiger partial charge < -0.3 is 24.6 Å². The molecule has 2 aliphatic heterocycles. The fourth-order valence-corrected chi connectivity index (χ4v) is 6.02. The van der Waals surface area contributed by atoms with Crippen molar-refractivity contribution in [1.29, 1.82) is 0 Å². The maximum absolute atomic E-state index is 13.4. The first-order chi connectivity index (χ1) is 19.9. The highest BCUT2D eigenvalue weighted by atomic mass is 16.6. The second kappa shape index (κ2) is 15.2. The summed E-state index contributed by atoms with van der Waals surface area (Å²) >= 11 is 0. The lowest BCUT2D eigenvalue weighted by molar-refractivity contribution is -0.384. The van der Waals surface area contributed by atoms with Gasteiger partial charge in [-0.3, -0.25) is 19.8 Å². The number of pyridine rings is 1. The molecule has 1 saturated carbocycles. The van der Waals surface area contributed by atoms with Crippen LogP contribution in [0.5, 0.6) is 5.88 Å². The van der Waals surface area contributed by atoms with Gasteiger partial charge in [-0.2, -0.15) is 0 Å². The van der Waals surface area contributed by atoms with Crippen LogP contribution in [-0.4, -0.2) is 101 Å². The van der Waals surface area contributed by atoms with E-state index in [0.29, 0.717) is 57.3 Å². The Balaban J connectivity index is 1.25. The van der Waals surface area contributed by atoms with Gasteiger partial charge in [-0.25, -0.2) is 9.78 Å². The molecule has 1 atom stereocenters. The lowest BCUT2D eigenvalue weighted by atomic mass is 9.84. The molecule has 3 fully saturated rings. The quantitative estimate of drug-likeness (QED) is 0.234. The van der Waals surface area contributed by atoms with Crippen LogP contribution in [0.25, 0.3) is 0 Å². The van der Waals surface area contributed by atoms with E-state index < -0.39 is 4.92 Å². The van der Waals surface area contributed by atoms with E-state index in [4.69, 9.17) is 9.47 Å². The summed E-state index contributed by atoms with van der Waals surface area (Å²) in [6, 6.07) is 1.58. The van der Waals surface area contributed by atoms with Crippen LogP contribution in [0.1, 0.15) is 71.6 Å². The van der Waals surface area contributed by atoms with Crippen molar-refractivity contribution in [3.63, 3.8) is 0 Å². The van der Waals surface area contributed by atoms with Crippen LogP contribution in [0.15, 0.2) is 12.3 Å². The number of piperazine rings is 1. The van der Waals surface area contributed by atoms with Gasteiger partial charge in [0.25, 0.3) is 0 Å². The Morgan fingerprint density at radius 2 is 1.85 bits per heavy atom. The van der Waals surface area contributed by atoms with Gasteiger partial charge in [-0.15, -0.1) is 0 Å². The fraction of sp³-hybridized carbons (Fsp3) is 0.759. The zero-order valence-corrected chi connectivity index (χ0v) is 24.6. The van der Waals surface area contributed by atoms with Crippen molar-refractivity contribution in [2.24, 2.45) is 5.92 Å². The van der Waals surface area contributed by atoms with Crippen molar-refractivity contribution >= 4 is 23.4 Å². The average Bonchev–Trinajstić information content (AvgIpc) is 2.98. The van der Waals surface area contributed by atoms with Gasteiger partial charge in [-0.1, -0.05) is 19.8 Å². The molecule has 0 aromatic carbocycles. The zero-order chi connectivity index (χ0) is 29.2. The molecular formula is C29H46N6O6. The molecule has 3 heterocycles. The van der Waals surface area contributed by atoms with E-state index in [1.54, 1.807) is 11.0 Å². The molecule has 3 aliphatic rings. The molecule has 0 bridgehead atoms. The Bertz CT molecular complexity index is 1030. The van der Waals surface area contributed by atoms with Gasteiger partial charge in [0, 0.05) is 50.2 Å². The number of piperidine rings is 1. The highest BCUT2D eigenvalue weighted by Gasteiger charge is 2.36. The summed E-state index contributed by atoms with van der Waals surface area (Å²) < 4.78 is 11.2. The number of aromatic nitrogens is 1. The summed E-state index contributed by atoms with van der Waals surface area (Å²) in [5, 5.41) is 15.0. The third-order valence-electron chi connectivity index (χ3n) is 8.49. The molecule has 1 aliphatic carbocycles. The van der Waals surface area contributed by atoms with Crippen LogP contribution in [0, 0.1) is 16.0 Å². The first kappa shape index (κ1) is 30.8. The van der Waals surface area contributed by atoms with Crippen LogP contribution < -0.4 is 10.1 Å². The molecule has 0 radical (unpaired) electrons. The van der Waals surface area contributed by atoms with Crippen molar-refractivity contribution in [2.45, 2.75) is 83.7 Å². The van der Waals surface area contributed by atoms with Crippen LogP contribution in [-0.2, 0) is 9.53 Å². The number of likely N-dealkylation sites (tertiary alicyclic amines) is 1. The smallest absolute Gasteiger partial charge is 0.409 e.